The number of β-amino-alcohol motifs (C(OH)–C–C–N with tert-alkyl or cyclic N) is 1. The summed E-state index contributed by atoms with van der Waals surface area (Å²) in [7, 11) is 0. The van der Waals surface area contributed by atoms with E-state index in [2.05, 4.69) is 4.98 Å². The van der Waals surface area contributed by atoms with Crippen molar-refractivity contribution in [1.29, 1.82) is 0 Å². The number of halogens is 4. The topological polar surface area (TPSA) is 109 Å². The lowest BCUT2D eigenvalue weighted by molar-refractivity contribution is -0.256. The second-order valence-electron chi connectivity index (χ2n) is 11.5. The van der Waals surface area contributed by atoms with Crippen LogP contribution < -0.4 is 10.5 Å². The molecule has 3 fully saturated rings. The van der Waals surface area contributed by atoms with Crippen LogP contribution in [0.15, 0.2) is 36.5 Å². The predicted octanol–water partition coefficient (Wildman–Crippen LogP) is 3.77. The van der Waals surface area contributed by atoms with Crippen LogP contribution in [0.4, 0.5) is 17.6 Å². The number of nitrogens with two attached hydrogens (primary N) is 1. The molecule has 2 amide bonds. The van der Waals surface area contributed by atoms with Crippen molar-refractivity contribution in [3.8, 4) is 17.0 Å². The third-order valence-corrected chi connectivity index (χ3v) is 8.74. The van der Waals surface area contributed by atoms with Crippen LogP contribution in [0, 0.1) is 17.2 Å². The van der Waals surface area contributed by atoms with Gasteiger partial charge in [-0.15, -0.1) is 0 Å². The van der Waals surface area contributed by atoms with Crippen LogP contribution in [-0.2, 0) is 4.79 Å². The Hall–Kier alpha value is -3.25. The minimum absolute atomic E-state index is 0.0341. The smallest absolute Gasteiger partial charge is 0.395 e. The summed E-state index contributed by atoms with van der Waals surface area (Å²) < 4.78 is 61.3. The molecule has 12 heteroatoms. The van der Waals surface area contributed by atoms with E-state index in [1.54, 1.807) is 12.1 Å². The van der Waals surface area contributed by atoms with Gasteiger partial charge in [0.05, 0.1) is 18.1 Å². The summed E-state index contributed by atoms with van der Waals surface area (Å²) in [6.07, 6.45) is -0.949. The summed E-state index contributed by atoms with van der Waals surface area (Å²) >= 11 is 0. The van der Waals surface area contributed by atoms with Crippen LogP contribution in [0.2, 0.25) is 0 Å². The number of likely N-dealkylation sites (tertiary alicyclic amines) is 2. The molecule has 41 heavy (non-hydrogen) atoms. The largest absolute Gasteiger partial charge is 0.477 e. The molecule has 8 nitrogen and oxygen atoms in total. The van der Waals surface area contributed by atoms with Gasteiger partial charge in [-0.1, -0.05) is 12.5 Å². The number of aromatic nitrogens is 1. The third-order valence-electron chi connectivity index (χ3n) is 8.74. The number of pyridine rings is 1. The number of nitrogens with zero attached hydrogens (tertiary/aromatic N) is 3. The number of aliphatic hydroxyl groups excluding tert-OH is 1. The molecule has 1 aliphatic carbocycles. The summed E-state index contributed by atoms with van der Waals surface area (Å²) in [5.41, 5.74) is 4.54. The van der Waals surface area contributed by atoms with Crippen LogP contribution in [0.5, 0.6) is 5.88 Å². The highest BCUT2D eigenvalue weighted by Gasteiger charge is 2.58. The second-order valence-corrected chi connectivity index (χ2v) is 11.5. The molecule has 2 aliphatic heterocycles. The van der Waals surface area contributed by atoms with E-state index < -0.39 is 41.4 Å². The van der Waals surface area contributed by atoms with Gasteiger partial charge in [-0.2, -0.15) is 13.2 Å². The molecule has 0 spiro atoms. The number of piperidine rings is 1. The Bertz CT molecular complexity index is 1260. The Morgan fingerprint density at radius 3 is 2.44 bits per heavy atom. The highest BCUT2D eigenvalue weighted by atomic mass is 19.4. The van der Waals surface area contributed by atoms with Crippen molar-refractivity contribution in [3.05, 3.63) is 47.9 Å². The van der Waals surface area contributed by atoms with Gasteiger partial charge in [0, 0.05) is 48.5 Å². The molecule has 2 unspecified atom stereocenters. The zero-order valence-electron chi connectivity index (χ0n) is 22.6. The Morgan fingerprint density at radius 1 is 1.15 bits per heavy atom. The lowest BCUT2D eigenvalue weighted by atomic mass is 9.67. The zero-order valence-corrected chi connectivity index (χ0v) is 22.6. The maximum absolute atomic E-state index is 15.0. The minimum Gasteiger partial charge on any atom is -0.477 e. The Morgan fingerprint density at radius 2 is 1.88 bits per heavy atom. The maximum atomic E-state index is 15.0. The molecule has 2 saturated heterocycles. The molecule has 222 valence electrons. The van der Waals surface area contributed by atoms with Crippen LogP contribution in [0.3, 0.4) is 0 Å². The fourth-order valence-electron chi connectivity index (χ4n) is 6.06. The van der Waals surface area contributed by atoms with Crippen molar-refractivity contribution in [3.63, 3.8) is 0 Å². The van der Waals surface area contributed by atoms with Crippen LogP contribution in [-0.4, -0.2) is 82.8 Å². The maximum Gasteiger partial charge on any atom is 0.395 e. The van der Waals surface area contributed by atoms with Gasteiger partial charge < -0.3 is 25.4 Å². The molecule has 5 rings (SSSR count). The molecule has 2 aromatic rings. The van der Waals surface area contributed by atoms with E-state index in [1.807, 2.05) is 4.90 Å². The van der Waals surface area contributed by atoms with Gasteiger partial charge in [0.25, 0.3) is 5.91 Å². The normalized spacial score (nSPS) is 23.3. The van der Waals surface area contributed by atoms with Crippen molar-refractivity contribution < 1.29 is 37.0 Å². The fraction of sp³-hybridized carbons (Fsp3) is 0.552. The molecule has 0 radical (unpaired) electrons. The quantitative estimate of drug-likeness (QED) is 0.462. The van der Waals surface area contributed by atoms with E-state index >= 15 is 0 Å². The summed E-state index contributed by atoms with van der Waals surface area (Å²) in [6, 6.07) is 6.31. The van der Waals surface area contributed by atoms with E-state index in [1.165, 1.54) is 18.3 Å². The van der Waals surface area contributed by atoms with Gasteiger partial charge >= 0.3 is 6.18 Å². The molecule has 2 atom stereocenters. The second kappa shape index (κ2) is 11.6. The first kappa shape index (κ1) is 29.2. The summed E-state index contributed by atoms with van der Waals surface area (Å²) in [6.45, 7) is 1.63. The first-order valence-electron chi connectivity index (χ1n) is 13.9. The van der Waals surface area contributed by atoms with Gasteiger partial charge in [-0.05, 0) is 62.9 Å². The van der Waals surface area contributed by atoms with Crippen LogP contribution in [0.1, 0.15) is 48.9 Å². The number of rotatable bonds is 8. The number of hydrogen-bond donors (Lipinski definition) is 2. The van der Waals surface area contributed by atoms with Gasteiger partial charge in [0.15, 0.2) is 0 Å². The SMILES string of the molecule is NC(=O)C1CC(O)CN1C(=O)c1ccc(-c2ccc(OCC3CCN(CC4(C(F)(F)F)CCC4)CC3)nc2)c(F)c1. The predicted molar refractivity (Wildman–Crippen MR) is 141 cm³/mol. The Balaban J connectivity index is 1.13. The molecule has 1 saturated carbocycles. The highest BCUT2D eigenvalue weighted by Crippen LogP contribution is 2.53. The standard InChI is InChI=1S/C29H34F4N4O4/c30-23-12-19(27(40)37-15-21(38)13-24(37)26(34)39)2-4-22(23)20-3-5-25(35-14-20)41-16-18-6-10-36(11-7-18)17-28(8-1-9-28)29(31,32)33/h2-5,12,14,18,21,24,38H,1,6-11,13,15-17H2,(H2,34,39). The van der Waals surface area contributed by atoms with E-state index in [9.17, 15) is 32.3 Å². The average Bonchev–Trinajstić information content (AvgIpc) is 3.31. The number of hydrogen-bond acceptors (Lipinski definition) is 6. The number of carbonyl (C=O) groups excluding carboxylic acids is 2. The number of benzene rings is 1. The molecule has 1 aromatic heterocycles. The van der Waals surface area contributed by atoms with E-state index in [0.717, 1.165) is 23.8 Å². The number of carbonyl (C=O) groups is 2. The molecule has 0 bridgehead atoms. The number of aliphatic hydroxyl groups is 1. The first-order chi connectivity index (χ1) is 19.5. The lowest BCUT2D eigenvalue weighted by Crippen LogP contribution is -2.53. The minimum atomic E-state index is -4.15. The zero-order chi connectivity index (χ0) is 29.4. The number of amides is 2. The molecule has 3 aliphatic rings. The van der Waals surface area contributed by atoms with Crippen molar-refractivity contribution in [2.24, 2.45) is 17.1 Å². The Kier molecular flexibility index (Phi) is 8.24. The summed E-state index contributed by atoms with van der Waals surface area (Å²) in [5, 5.41) is 9.85. The van der Waals surface area contributed by atoms with Crippen molar-refractivity contribution in [1.82, 2.24) is 14.8 Å². The molecule has 3 heterocycles. The molecular formula is C29H34F4N4O4. The van der Waals surface area contributed by atoms with Gasteiger partial charge in [0.2, 0.25) is 11.8 Å². The van der Waals surface area contributed by atoms with Crippen molar-refractivity contribution in [2.75, 3.05) is 32.8 Å². The number of alkyl halides is 3. The number of ether oxygens (including phenoxy) is 1. The Labute approximate surface area is 235 Å². The molecular weight excluding hydrogens is 544 g/mol. The van der Waals surface area contributed by atoms with E-state index in [-0.39, 0.29) is 49.4 Å². The van der Waals surface area contributed by atoms with Gasteiger partial charge in [-0.25, -0.2) is 9.37 Å². The summed E-state index contributed by atoms with van der Waals surface area (Å²) in [4.78, 5) is 31.9. The average molecular weight is 579 g/mol. The van der Waals surface area contributed by atoms with Crippen LogP contribution in [0.25, 0.3) is 11.1 Å². The van der Waals surface area contributed by atoms with E-state index in [4.69, 9.17) is 10.5 Å². The summed E-state index contributed by atoms with van der Waals surface area (Å²) in [5.74, 6) is -1.40. The first-order valence-corrected chi connectivity index (χ1v) is 13.9. The lowest BCUT2D eigenvalue weighted by Gasteiger charge is -2.47. The molecule has 1 aromatic carbocycles. The van der Waals surface area contributed by atoms with E-state index in [0.29, 0.717) is 37.6 Å². The fourth-order valence-corrected chi connectivity index (χ4v) is 6.06. The highest BCUT2D eigenvalue weighted by molar-refractivity contribution is 5.98. The van der Waals surface area contributed by atoms with Crippen molar-refractivity contribution >= 4 is 11.8 Å². The van der Waals surface area contributed by atoms with Gasteiger partial charge in [-0.3, -0.25) is 9.59 Å². The van der Waals surface area contributed by atoms with Crippen LogP contribution >= 0.6 is 0 Å². The number of primary amides is 1. The van der Waals surface area contributed by atoms with Crippen molar-refractivity contribution in [2.45, 2.75) is 56.8 Å². The molecule has 3 N–H and O–H groups in total. The monoisotopic (exact) mass is 578 g/mol. The van der Waals surface area contributed by atoms with Gasteiger partial charge in [0.1, 0.15) is 11.9 Å². The third kappa shape index (κ3) is 6.18.